The van der Waals surface area contributed by atoms with Gasteiger partial charge in [-0.15, -0.1) is 0 Å². The van der Waals surface area contributed by atoms with Gasteiger partial charge in [-0.3, -0.25) is 4.79 Å². The number of nitrogens with zero attached hydrogens (tertiary/aromatic N) is 1. The predicted octanol–water partition coefficient (Wildman–Crippen LogP) is 2.73. The minimum atomic E-state index is 0.0969. The van der Waals surface area contributed by atoms with Gasteiger partial charge in [-0.1, -0.05) is 24.8 Å². The van der Waals surface area contributed by atoms with Crippen molar-refractivity contribution in [1.29, 1.82) is 0 Å². The first-order valence-electron chi connectivity index (χ1n) is 6.34. The van der Waals surface area contributed by atoms with Crippen molar-refractivity contribution in [2.75, 3.05) is 20.1 Å². The molecular weight excluding hydrogens is 210 g/mol. The van der Waals surface area contributed by atoms with E-state index in [4.69, 9.17) is 0 Å². The number of carbonyl (C=O) groups is 1. The van der Waals surface area contributed by atoms with Crippen molar-refractivity contribution in [1.82, 2.24) is 4.90 Å². The van der Waals surface area contributed by atoms with Crippen LogP contribution in [0.25, 0.3) is 0 Å². The number of rotatable bonds is 2. The summed E-state index contributed by atoms with van der Waals surface area (Å²) < 4.78 is 0. The molecule has 2 aliphatic rings. The summed E-state index contributed by atoms with van der Waals surface area (Å²) in [7, 11) is 2.15. The van der Waals surface area contributed by atoms with Crippen LogP contribution in [-0.2, 0) is 4.79 Å². The second-order valence-corrected chi connectivity index (χ2v) is 5.22. The Labute approximate surface area is 104 Å². The Bertz CT molecular complexity index is 395. The van der Waals surface area contributed by atoms with Crippen LogP contribution in [0.2, 0.25) is 0 Å². The molecule has 0 atom stereocenters. The second kappa shape index (κ2) is 4.61. The molecule has 0 unspecified atom stereocenters. The fraction of sp³-hybridized carbons (Fsp3) is 0.533. The third-order valence-electron chi connectivity index (χ3n) is 4.14. The van der Waals surface area contributed by atoms with Crippen molar-refractivity contribution >= 4 is 5.78 Å². The maximum Gasteiger partial charge on any atom is 0.164 e. The van der Waals surface area contributed by atoms with Crippen molar-refractivity contribution in [3.8, 4) is 0 Å². The average Bonchev–Trinajstić information content (AvgIpc) is 2.57. The third-order valence-corrected chi connectivity index (χ3v) is 4.14. The highest BCUT2D eigenvalue weighted by atomic mass is 16.1. The van der Waals surface area contributed by atoms with E-state index >= 15 is 0 Å². The second-order valence-electron chi connectivity index (χ2n) is 5.22. The number of likely N-dealkylation sites (tertiary alicyclic amines) is 1. The smallest absolute Gasteiger partial charge is 0.164 e. The summed E-state index contributed by atoms with van der Waals surface area (Å²) in [6.45, 7) is 7.97. The topological polar surface area (TPSA) is 20.3 Å². The van der Waals surface area contributed by atoms with E-state index in [9.17, 15) is 4.79 Å². The largest absolute Gasteiger partial charge is 0.306 e. The SMILES string of the molecule is C=CC1=C(/C=C\C)C2(CCN(C)CC2)CC1=O. The van der Waals surface area contributed by atoms with Gasteiger partial charge in [0.05, 0.1) is 0 Å². The lowest BCUT2D eigenvalue weighted by atomic mass is 9.72. The maximum atomic E-state index is 12.1. The zero-order valence-corrected chi connectivity index (χ0v) is 10.8. The van der Waals surface area contributed by atoms with Crippen LogP contribution >= 0.6 is 0 Å². The molecule has 0 N–H and O–H groups in total. The van der Waals surface area contributed by atoms with Gasteiger partial charge in [-0.05, 0) is 45.5 Å². The number of ketones is 1. The monoisotopic (exact) mass is 231 g/mol. The number of hydrogen-bond donors (Lipinski definition) is 0. The summed E-state index contributed by atoms with van der Waals surface area (Å²) in [5, 5.41) is 0. The van der Waals surface area contributed by atoms with Gasteiger partial charge in [-0.25, -0.2) is 0 Å². The lowest BCUT2D eigenvalue weighted by Crippen LogP contribution is -2.38. The molecule has 1 saturated heterocycles. The normalized spacial score (nSPS) is 25.2. The van der Waals surface area contributed by atoms with Crippen LogP contribution in [0.3, 0.4) is 0 Å². The molecule has 1 heterocycles. The van der Waals surface area contributed by atoms with Crippen molar-refractivity contribution in [2.45, 2.75) is 26.2 Å². The van der Waals surface area contributed by atoms with E-state index in [0.29, 0.717) is 6.42 Å². The van der Waals surface area contributed by atoms with E-state index in [-0.39, 0.29) is 11.2 Å². The van der Waals surface area contributed by atoms with E-state index in [1.54, 1.807) is 6.08 Å². The van der Waals surface area contributed by atoms with E-state index in [1.165, 1.54) is 5.57 Å². The Morgan fingerprint density at radius 1 is 1.35 bits per heavy atom. The summed E-state index contributed by atoms with van der Waals surface area (Å²) in [5.74, 6) is 0.276. The summed E-state index contributed by atoms with van der Waals surface area (Å²) >= 11 is 0. The van der Waals surface area contributed by atoms with Crippen LogP contribution in [-0.4, -0.2) is 30.8 Å². The van der Waals surface area contributed by atoms with E-state index in [0.717, 1.165) is 31.5 Å². The lowest BCUT2D eigenvalue weighted by Gasteiger charge is -2.38. The number of hydrogen-bond acceptors (Lipinski definition) is 2. The fourth-order valence-electron chi connectivity index (χ4n) is 3.08. The van der Waals surface area contributed by atoms with Crippen LogP contribution < -0.4 is 0 Å². The van der Waals surface area contributed by atoms with Gasteiger partial charge in [0.2, 0.25) is 0 Å². The molecule has 0 aromatic heterocycles. The highest BCUT2D eigenvalue weighted by Crippen LogP contribution is 2.49. The average molecular weight is 231 g/mol. The zero-order chi connectivity index (χ0) is 12.5. The van der Waals surface area contributed by atoms with Crippen LogP contribution in [0, 0.1) is 5.41 Å². The molecule has 92 valence electrons. The molecule has 0 aromatic carbocycles. The summed E-state index contributed by atoms with van der Waals surface area (Å²) in [6, 6.07) is 0. The zero-order valence-electron chi connectivity index (χ0n) is 10.8. The van der Waals surface area contributed by atoms with Gasteiger partial charge in [0.1, 0.15) is 0 Å². The first-order valence-corrected chi connectivity index (χ1v) is 6.34. The molecule has 0 bridgehead atoms. The van der Waals surface area contributed by atoms with Crippen molar-refractivity contribution in [3.63, 3.8) is 0 Å². The minimum absolute atomic E-state index is 0.0969. The van der Waals surface area contributed by atoms with Crippen molar-refractivity contribution in [3.05, 3.63) is 36.0 Å². The van der Waals surface area contributed by atoms with Crippen LogP contribution in [0.15, 0.2) is 36.0 Å². The molecule has 0 amide bonds. The molecule has 0 saturated carbocycles. The van der Waals surface area contributed by atoms with Crippen LogP contribution in [0.4, 0.5) is 0 Å². The Morgan fingerprint density at radius 2 is 2.00 bits per heavy atom. The number of Topliss-reactive ketones (excluding diaryl/α,β-unsaturated/α-hetero) is 1. The Balaban J connectivity index is 2.38. The standard InChI is InChI=1S/C15H21NO/c1-4-6-13-12(5-2)14(17)11-15(13)7-9-16(3)10-8-15/h4-6H,2,7-11H2,1,3H3/b6-4-. The highest BCUT2D eigenvalue weighted by molar-refractivity contribution is 6.03. The molecule has 2 rings (SSSR count). The maximum absolute atomic E-state index is 12.1. The number of carbonyl (C=O) groups excluding carboxylic acids is 1. The van der Waals surface area contributed by atoms with Gasteiger partial charge in [0, 0.05) is 17.4 Å². The van der Waals surface area contributed by atoms with Gasteiger partial charge in [0.15, 0.2) is 5.78 Å². The van der Waals surface area contributed by atoms with Gasteiger partial charge in [-0.2, -0.15) is 0 Å². The molecule has 1 aliphatic heterocycles. The van der Waals surface area contributed by atoms with Crippen LogP contribution in [0.1, 0.15) is 26.2 Å². The Hall–Kier alpha value is -1.15. The quantitative estimate of drug-likeness (QED) is 0.728. The summed E-state index contributed by atoms with van der Waals surface area (Å²) in [4.78, 5) is 14.4. The fourth-order valence-corrected chi connectivity index (χ4v) is 3.08. The van der Waals surface area contributed by atoms with E-state index in [2.05, 4.69) is 24.6 Å². The first-order chi connectivity index (χ1) is 8.13. The molecule has 2 nitrogen and oxygen atoms in total. The third kappa shape index (κ3) is 2.02. The van der Waals surface area contributed by atoms with Crippen molar-refractivity contribution < 1.29 is 4.79 Å². The Morgan fingerprint density at radius 3 is 2.53 bits per heavy atom. The highest BCUT2D eigenvalue weighted by Gasteiger charge is 2.44. The van der Waals surface area contributed by atoms with Gasteiger partial charge >= 0.3 is 0 Å². The summed E-state index contributed by atoms with van der Waals surface area (Å²) in [6.07, 6.45) is 8.76. The number of allylic oxidation sites excluding steroid dienone is 5. The van der Waals surface area contributed by atoms with Gasteiger partial charge in [0.25, 0.3) is 0 Å². The van der Waals surface area contributed by atoms with Crippen LogP contribution in [0.5, 0.6) is 0 Å². The molecule has 1 aliphatic carbocycles. The first kappa shape index (κ1) is 12.3. The molecule has 1 spiro atoms. The minimum Gasteiger partial charge on any atom is -0.306 e. The molecule has 2 heteroatoms. The number of piperidine rings is 1. The predicted molar refractivity (Wildman–Crippen MR) is 70.8 cm³/mol. The molecule has 0 radical (unpaired) electrons. The molecule has 17 heavy (non-hydrogen) atoms. The van der Waals surface area contributed by atoms with Crippen molar-refractivity contribution in [2.24, 2.45) is 5.41 Å². The molecule has 0 aromatic rings. The Kier molecular flexibility index (Phi) is 3.34. The van der Waals surface area contributed by atoms with Gasteiger partial charge < -0.3 is 4.90 Å². The lowest BCUT2D eigenvalue weighted by molar-refractivity contribution is -0.116. The summed E-state index contributed by atoms with van der Waals surface area (Å²) in [5.41, 5.74) is 2.18. The van der Waals surface area contributed by atoms with E-state index < -0.39 is 0 Å². The van der Waals surface area contributed by atoms with E-state index in [1.807, 2.05) is 13.0 Å². The molecule has 1 fully saturated rings. The molecular formula is C15H21NO.